The van der Waals surface area contributed by atoms with Crippen LogP contribution in [0.25, 0.3) is 16.1 Å². The second kappa shape index (κ2) is 8.13. The average Bonchev–Trinajstić information content (AvgIpc) is 2.91. The number of aromatic nitrogens is 2. The second-order valence-electron chi connectivity index (χ2n) is 7.59. The Hall–Kier alpha value is -3.34. The van der Waals surface area contributed by atoms with E-state index < -0.39 is 17.7 Å². The maximum absolute atomic E-state index is 12.2. The molecule has 0 unspecified atom stereocenters. The maximum atomic E-state index is 12.2. The van der Waals surface area contributed by atoms with Gasteiger partial charge in [0.05, 0.1) is 13.0 Å². The summed E-state index contributed by atoms with van der Waals surface area (Å²) in [5.74, 6) is -0.647. The van der Waals surface area contributed by atoms with Gasteiger partial charge in [0.25, 0.3) is 5.69 Å². The number of hydrogen-bond donors (Lipinski definition) is 2. The van der Waals surface area contributed by atoms with E-state index in [-0.39, 0.29) is 24.0 Å². The standard InChI is InChI=1S/C20H24N4O4/c1-12(2)24-18(22-19(27)28-20(3,4)5)17(21-6)16(23-24)14-9-7-13(8-10-14)11-15(25)26/h7-10,12H,11H2,1-5H3,(H,22,27)(H,25,26). The van der Waals surface area contributed by atoms with Crippen LogP contribution in [0.4, 0.5) is 16.3 Å². The molecule has 8 nitrogen and oxygen atoms in total. The number of carboxylic acid groups (broad SMARTS) is 1. The zero-order chi connectivity index (χ0) is 21.1. The number of benzene rings is 1. The predicted octanol–water partition coefficient (Wildman–Crippen LogP) is 4.66. The van der Waals surface area contributed by atoms with Crippen LogP contribution >= 0.6 is 0 Å². The molecule has 0 atom stereocenters. The first-order chi connectivity index (χ1) is 13.0. The summed E-state index contributed by atoms with van der Waals surface area (Å²) in [4.78, 5) is 26.6. The molecule has 28 heavy (non-hydrogen) atoms. The minimum absolute atomic E-state index is 0.0815. The Morgan fingerprint density at radius 1 is 1.29 bits per heavy atom. The Bertz CT molecular complexity index is 915. The van der Waals surface area contributed by atoms with Crippen LogP contribution in [-0.2, 0) is 16.0 Å². The highest BCUT2D eigenvalue weighted by atomic mass is 16.6. The van der Waals surface area contributed by atoms with Gasteiger partial charge in [0.1, 0.15) is 17.1 Å². The molecule has 0 spiro atoms. The highest BCUT2D eigenvalue weighted by Crippen LogP contribution is 2.38. The lowest BCUT2D eigenvalue weighted by atomic mass is 10.1. The van der Waals surface area contributed by atoms with Gasteiger partial charge in [-0.15, -0.1) is 0 Å². The number of hydrogen-bond acceptors (Lipinski definition) is 4. The normalized spacial score (nSPS) is 11.2. The average molecular weight is 384 g/mol. The molecule has 0 aliphatic heterocycles. The fraction of sp³-hybridized carbons (Fsp3) is 0.400. The van der Waals surface area contributed by atoms with Gasteiger partial charge in [-0.25, -0.2) is 9.64 Å². The van der Waals surface area contributed by atoms with Gasteiger partial charge in [0, 0.05) is 6.04 Å². The van der Waals surface area contributed by atoms with E-state index in [2.05, 4.69) is 15.3 Å². The van der Waals surface area contributed by atoms with Crippen molar-refractivity contribution in [2.75, 3.05) is 5.32 Å². The highest BCUT2D eigenvalue weighted by molar-refractivity contribution is 5.93. The topological polar surface area (TPSA) is 97.8 Å². The first kappa shape index (κ1) is 21.0. The van der Waals surface area contributed by atoms with E-state index in [4.69, 9.17) is 16.4 Å². The van der Waals surface area contributed by atoms with E-state index in [0.29, 0.717) is 16.8 Å². The van der Waals surface area contributed by atoms with Crippen molar-refractivity contribution in [1.29, 1.82) is 0 Å². The van der Waals surface area contributed by atoms with Crippen molar-refractivity contribution in [3.05, 3.63) is 41.2 Å². The molecule has 1 amide bonds. The van der Waals surface area contributed by atoms with Crippen LogP contribution in [0.2, 0.25) is 0 Å². The molecule has 0 fully saturated rings. The number of nitrogens with zero attached hydrogens (tertiary/aromatic N) is 3. The highest BCUT2D eigenvalue weighted by Gasteiger charge is 2.25. The third-order valence-electron chi connectivity index (χ3n) is 3.69. The fourth-order valence-corrected chi connectivity index (χ4v) is 2.57. The molecule has 0 saturated heterocycles. The third kappa shape index (κ3) is 5.10. The Morgan fingerprint density at radius 3 is 2.36 bits per heavy atom. The Balaban J connectivity index is 2.45. The summed E-state index contributed by atoms with van der Waals surface area (Å²) in [6, 6.07) is 6.71. The molecular weight excluding hydrogens is 360 g/mol. The number of ether oxygens (including phenoxy) is 1. The molecular formula is C20H24N4O4. The molecule has 148 valence electrons. The summed E-state index contributed by atoms with van der Waals surface area (Å²) >= 11 is 0. The number of carbonyl (C=O) groups is 2. The SMILES string of the molecule is [C-]#[N+]c1c(-c2ccc(CC(=O)O)cc2)nn(C(C)C)c1NC(=O)OC(C)(C)C. The van der Waals surface area contributed by atoms with Gasteiger partial charge in [-0.05, 0) is 45.7 Å². The molecule has 1 heterocycles. The predicted molar refractivity (Wildman–Crippen MR) is 106 cm³/mol. The minimum atomic E-state index is -0.914. The largest absolute Gasteiger partial charge is 0.481 e. The van der Waals surface area contributed by atoms with Crippen molar-refractivity contribution in [1.82, 2.24) is 9.78 Å². The first-order valence-electron chi connectivity index (χ1n) is 8.83. The number of amides is 1. The van der Waals surface area contributed by atoms with Gasteiger partial charge < -0.3 is 9.84 Å². The Kier molecular flexibility index (Phi) is 6.09. The van der Waals surface area contributed by atoms with E-state index >= 15 is 0 Å². The third-order valence-corrected chi connectivity index (χ3v) is 3.69. The molecule has 8 heteroatoms. The first-order valence-corrected chi connectivity index (χ1v) is 8.83. The van der Waals surface area contributed by atoms with Gasteiger partial charge in [-0.2, -0.15) is 5.10 Å². The van der Waals surface area contributed by atoms with E-state index in [0.717, 1.165) is 0 Å². The monoisotopic (exact) mass is 384 g/mol. The van der Waals surface area contributed by atoms with Crippen molar-refractivity contribution in [3.63, 3.8) is 0 Å². The second-order valence-corrected chi connectivity index (χ2v) is 7.59. The fourth-order valence-electron chi connectivity index (χ4n) is 2.57. The number of aliphatic carboxylic acids is 1. The molecule has 0 saturated carbocycles. The van der Waals surface area contributed by atoms with E-state index in [1.807, 2.05) is 13.8 Å². The summed E-state index contributed by atoms with van der Waals surface area (Å²) in [5, 5.41) is 16.0. The molecule has 0 bridgehead atoms. The smallest absolute Gasteiger partial charge is 0.412 e. The summed E-state index contributed by atoms with van der Waals surface area (Å²) in [5.41, 5.74) is 1.25. The van der Waals surface area contributed by atoms with Crippen molar-refractivity contribution < 1.29 is 19.4 Å². The van der Waals surface area contributed by atoms with Crippen LogP contribution < -0.4 is 5.32 Å². The molecule has 0 radical (unpaired) electrons. The van der Waals surface area contributed by atoms with Crippen LogP contribution in [0.3, 0.4) is 0 Å². The Morgan fingerprint density at radius 2 is 1.89 bits per heavy atom. The molecule has 2 N–H and O–H groups in total. The number of nitrogens with one attached hydrogen (secondary N) is 1. The van der Waals surface area contributed by atoms with Crippen molar-refractivity contribution in [3.8, 4) is 11.3 Å². The summed E-state index contributed by atoms with van der Waals surface area (Å²) in [6.45, 7) is 16.6. The molecule has 2 aromatic rings. The zero-order valence-corrected chi connectivity index (χ0v) is 16.6. The molecule has 1 aromatic heterocycles. The molecule has 2 rings (SSSR count). The van der Waals surface area contributed by atoms with E-state index in [1.54, 1.807) is 49.7 Å². The molecule has 1 aromatic carbocycles. The summed E-state index contributed by atoms with van der Waals surface area (Å²) in [7, 11) is 0. The number of carbonyl (C=O) groups excluding carboxylic acids is 1. The maximum Gasteiger partial charge on any atom is 0.412 e. The van der Waals surface area contributed by atoms with Gasteiger partial charge in [-0.1, -0.05) is 24.3 Å². The van der Waals surface area contributed by atoms with Crippen LogP contribution in [0.1, 0.15) is 46.2 Å². The zero-order valence-electron chi connectivity index (χ0n) is 16.6. The molecule has 0 aliphatic carbocycles. The van der Waals surface area contributed by atoms with Gasteiger partial charge >= 0.3 is 12.1 Å². The Labute approximate surface area is 163 Å². The number of rotatable bonds is 5. The van der Waals surface area contributed by atoms with Crippen molar-refractivity contribution >= 4 is 23.6 Å². The lowest BCUT2D eigenvalue weighted by Crippen LogP contribution is -2.28. The van der Waals surface area contributed by atoms with Crippen molar-refractivity contribution in [2.24, 2.45) is 0 Å². The van der Waals surface area contributed by atoms with Gasteiger partial charge in [0.15, 0.2) is 0 Å². The summed E-state index contributed by atoms with van der Waals surface area (Å²) in [6.07, 6.45) is -0.746. The van der Waals surface area contributed by atoms with Gasteiger partial charge in [0.2, 0.25) is 0 Å². The quantitative estimate of drug-likeness (QED) is 0.731. The van der Waals surface area contributed by atoms with Gasteiger partial charge in [-0.3, -0.25) is 14.8 Å². The van der Waals surface area contributed by atoms with Crippen LogP contribution in [0, 0.1) is 6.57 Å². The van der Waals surface area contributed by atoms with Crippen LogP contribution in [0.15, 0.2) is 24.3 Å². The van der Waals surface area contributed by atoms with Crippen LogP contribution in [0.5, 0.6) is 0 Å². The lowest BCUT2D eigenvalue weighted by Gasteiger charge is -2.20. The number of anilines is 1. The molecule has 0 aliphatic rings. The van der Waals surface area contributed by atoms with Crippen LogP contribution in [-0.4, -0.2) is 32.6 Å². The number of carboxylic acids is 1. The lowest BCUT2D eigenvalue weighted by molar-refractivity contribution is -0.136. The minimum Gasteiger partial charge on any atom is -0.481 e. The van der Waals surface area contributed by atoms with Crippen molar-refractivity contribution in [2.45, 2.75) is 52.7 Å². The van der Waals surface area contributed by atoms with E-state index in [1.165, 1.54) is 0 Å². The van der Waals surface area contributed by atoms with E-state index in [9.17, 15) is 9.59 Å². The summed E-state index contributed by atoms with van der Waals surface area (Å²) < 4.78 is 6.86.